The third kappa shape index (κ3) is 3.51. The highest BCUT2D eigenvalue weighted by Gasteiger charge is 2.16. The van der Waals surface area contributed by atoms with Gasteiger partial charge < -0.3 is 16.0 Å². The Hall–Kier alpha value is -2.15. The summed E-state index contributed by atoms with van der Waals surface area (Å²) < 4.78 is 0. The zero-order chi connectivity index (χ0) is 17.1. The van der Waals surface area contributed by atoms with Crippen LogP contribution in [0, 0.1) is 6.92 Å². The highest BCUT2D eigenvalue weighted by Crippen LogP contribution is 2.35. The second-order valence-electron chi connectivity index (χ2n) is 5.21. The summed E-state index contributed by atoms with van der Waals surface area (Å²) in [5.74, 6) is 1.16. The number of nitrogens with one attached hydrogen (secondary N) is 2. The summed E-state index contributed by atoms with van der Waals surface area (Å²) in [5.41, 5.74) is 8.64. The number of anilines is 1. The van der Waals surface area contributed by atoms with Crippen LogP contribution >= 0.6 is 23.2 Å². The van der Waals surface area contributed by atoms with Gasteiger partial charge in [-0.25, -0.2) is 15.0 Å². The van der Waals surface area contributed by atoms with Gasteiger partial charge in [0.1, 0.15) is 5.82 Å². The molecule has 0 aliphatic carbocycles. The molecule has 0 unspecified atom stereocenters. The lowest BCUT2D eigenvalue weighted by molar-refractivity contribution is 0.990. The number of halogens is 2. The van der Waals surface area contributed by atoms with Crippen LogP contribution in [0.3, 0.4) is 0 Å². The molecule has 1 aromatic carbocycles. The van der Waals surface area contributed by atoms with Crippen LogP contribution in [0.1, 0.15) is 5.69 Å². The maximum absolute atomic E-state index is 6.37. The van der Waals surface area contributed by atoms with E-state index in [4.69, 9.17) is 28.9 Å². The molecule has 0 saturated heterocycles. The van der Waals surface area contributed by atoms with Crippen molar-refractivity contribution in [3.05, 3.63) is 46.3 Å². The lowest BCUT2D eigenvalue weighted by atomic mass is 10.1. The predicted octanol–water partition coefficient (Wildman–Crippen LogP) is 3.52. The number of hydrogen-bond acceptors (Lipinski definition) is 5. The van der Waals surface area contributed by atoms with Gasteiger partial charge >= 0.3 is 0 Å². The molecule has 0 spiro atoms. The van der Waals surface area contributed by atoms with Crippen molar-refractivity contribution in [1.82, 2.24) is 19.9 Å². The topological polar surface area (TPSA) is 92.5 Å². The van der Waals surface area contributed by atoms with Gasteiger partial charge in [-0.2, -0.15) is 0 Å². The minimum absolute atomic E-state index is 0.480. The first kappa shape index (κ1) is 16.7. The highest BCUT2D eigenvalue weighted by molar-refractivity contribution is 6.36. The van der Waals surface area contributed by atoms with Gasteiger partial charge in [-0.3, -0.25) is 0 Å². The van der Waals surface area contributed by atoms with E-state index in [2.05, 4.69) is 25.3 Å². The summed E-state index contributed by atoms with van der Waals surface area (Å²) in [5, 5.41) is 4.15. The molecule has 0 fully saturated rings. The SMILES string of the molecule is Cc1cnc(-c2cnc(NCCN)nc2-c2ccc(Cl)cc2Cl)[nH]1. The van der Waals surface area contributed by atoms with Crippen molar-refractivity contribution >= 4 is 29.2 Å². The number of hydrogen-bond donors (Lipinski definition) is 3. The summed E-state index contributed by atoms with van der Waals surface area (Å²) in [6.45, 7) is 3.00. The second-order valence-corrected chi connectivity index (χ2v) is 6.05. The van der Waals surface area contributed by atoms with Crippen LogP contribution in [-0.4, -0.2) is 33.0 Å². The zero-order valence-electron chi connectivity index (χ0n) is 13.0. The summed E-state index contributed by atoms with van der Waals surface area (Å²) in [6.07, 6.45) is 3.47. The minimum atomic E-state index is 0.480. The number of nitrogens with zero attached hydrogens (tertiary/aromatic N) is 3. The van der Waals surface area contributed by atoms with Crippen molar-refractivity contribution in [2.24, 2.45) is 5.73 Å². The van der Waals surface area contributed by atoms with Crippen LogP contribution in [0.15, 0.2) is 30.6 Å². The van der Waals surface area contributed by atoms with Crippen LogP contribution in [0.2, 0.25) is 10.0 Å². The maximum atomic E-state index is 6.37. The Morgan fingerprint density at radius 3 is 2.67 bits per heavy atom. The molecule has 6 nitrogen and oxygen atoms in total. The van der Waals surface area contributed by atoms with Gasteiger partial charge in [-0.1, -0.05) is 23.2 Å². The van der Waals surface area contributed by atoms with Crippen molar-refractivity contribution < 1.29 is 0 Å². The molecule has 0 bridgehead atoms. The van der Waals surface area contributed by atoms with E-state index in [1.165, 1.54) is 0 Å². The van der Waals surface area contributed by atoms with Crippen LogP contribution in [0.5, 0.6) is 0 Å². The van der Waals surface area contributed by atoms with Gasteiger partial charge in [0.2, 0.25) is 5.95 Å². The van der Waals surface area contributed by atoms with Crippen LogP contribution in [0.25, 0.3) is 22.6 Å². The summed E-state index contributed by atoms with van der Waals surface area (Å²) >= 11 is 12.4. The molecule has 0 aliphatic heterocycles. The van der Waals surface area contributed by atoms with Crippen molar-refractivity contribution in [1.29, 1.82) is 0 Å². The Labute approximate surface area is 149 Å². The van der Waals surface area contributed by atoms with Gasteiger partial charge in [-0.05, 0) is 25.1 Å². The number of rotatable bonds is 5. The predicted molar refractivity (Wildman–Crippen MR) is 97.4 cm³/mol. The van der Waals surface area contributed by atoms with Gasteiger partial charge in [0, 0.05) is 41.8 Å². The van der Waals surface area contributed by atoms with E-state index in [9.17, 15) is 0 Å². The number of aromatic amines is 1. The molecule has 124 valence electrons. The number of aryl methyl sites for hydroxylation is 1. The number of H-pyrrole nitrogens is 1. The van der Waals surface area contributed by atoms with Gasteiger partial charge in [-0.15, -0.1) is 0 Å². The molecule has 8 heteroatoms. The Morgan fingerprint density at radius 2 is 2.00 bits per heavy atom. The number of benzene rings is 1. The largest absolute Gasteiger partial charge is 0.353 e. The van der Waals surface area contributed by atoms with Crippen molar-refractivity contribution in [2.45, 2.75) is 6.92 Å². The molecular formula is C16H16Cl2N6. The highest BCUT2D eigenvalue weighted by atomic mass is 35.5. The molecule has 3 aromatic rings. The average Bonchev–Trinajstić information content (AvgIpc) is 2.99. The standard InChI is InChI=1S/C16H16Cl2N6/c1-9-7-21-15(23-9)12-8-22-16(20-5-4-19)24-14(12)11-3-2-10(17)6-13(11)18/h2-3,6-8H,4-5,19H2,1H3,(H,21,23)(H,20,22,24). The van der Waals surface area contributed by atoms with Crippen LogP contribution < -0.4 is 11.1 Å². The quantitative estimate of drug-likeness (QED) is 0.645. The van der Waals surface area contributed by atoms with Gasteiger partial charge in [0.15, 0.2) is 0 Å². The summed E-state index contributed by atoms with van der Waals surface area (Å²) in [7, 11) is 0. The Morgan fingerprint density at radius 1 is 1.17 bits per heavy atom. The fourth-order valence-corrected chi connectivity index (χ4v) is 2.76. The smallest absolute Gasteiger partial charge is 0.223 e. The van der Waals surface area contributed by atoms with E-state index in [1.54, 1.807) is 24.5 Å². The second kappa shape index (κ2) is 7.17. The number of nitrogens with two attached hydrogens (primary N) is 1. The average molecular weight is 363 g/mol. The maximum Gasteiger partial charge on any atom is 0.223 e. The molecule has 0 amide bonds. The molecule has 3 rings (SSSR count). The molecule has 4 N–H and O–H groups in total. The molecule has 0 atom stereocenters. The lowest BCUT2D eigenvalue weighted by Crippen LogP contribution is -2.15. The Bertz CT molecular complexity index is 862. The van der Waals surface area contributed by atoms with Gasteiger partial charge in [0.05, 0.1) is 16.3 Å². The summed E-state index contributed by atoms with van der Waals surface area (Å²) in [6, 6.07) is 5.29. The van der Waals surface area contributed by atoms with E-state index < -0.39 is 0 Å². The van der Waals surface area contributed by atoms with E-state index >= 15 is 0 Å². The minimum Gasteiger partial charge on any atom is -0.353 e. The van der Waals surface area contributed by atoms with Crippen molar-refractivity contribution in [2.75, 3.05) is 18.4 Å². The summed E-state index contributed by atoms with van der Waals surface area (Å²) in [4.78, 5) is 16.5. The fourth-order valence-electron chi connectivity index (χ4n) is 2.26. The van der Waals surface area contributed by atoms with E-state index in [-0.39, 0.29) is 0 Å². The molecule has 2 aromatic heterocycles. The van der Waals surface area contributed by atoms with E-state index in [0.29, 0.717) is 40.6 Å². The number of imidazole rings is 1. The monoisotopic (exact) mass is 362 g/mol. The van der Waals surface area contributed by atoms with Crippen LogP contribution in [-0.2, 0) is 0 Å². The normalized spacial score (nSPS) is 10.8. The molecule has 24 heavy (non-hydrogen) atoms. The van der Waals surface area contributed by atoms with Crippen LogP contribution in [0.4, 0.5) is 5.95 Å². The first-order valence-electron chi connectivity index (χ1n) is 7.37. The first-order chi connectivity index (χ1) is 11.6. The fraction of sp³-hybridized carbons (Fsp3) is 0.188. The third-order valence-corrected chi connectivity index (χ3v) is 3.91. The molecule has 0 radical (unpaired) electrons. The molecule has 2 heterocycles. The van der Waals surface area contributed by atoms with E-state index in [0.717, 1.165) is 16.8 Å². The van der Waals surface area contributed by atoms with Crippen molar-refractivity contribution in [3.8, 4) is 22.6 Å². The van der Waals surface area contributed by atoms with Crippen molar-refractivity contribution in [3.63, 3.8) is 0 Å². The zero-order valence-corrected chi connectivity index (χ0v) is 14.5. The molecule has 0 aliphatic rings. The lowest BCUT2D eigenvalue weighted by Gasteiger charge is -2.11. The Balaban J connectivity index is 2.15. The molecular weight excluding hydrogens is 347 g/mol. The number of aromatic nitrogens is 4. The third-order valence-electron chi connectivity index (χ3n) is 3.36. The first-order valence-corrected chi connectivity index (χ1v) is 8.12. The molecule has 0 saturated carbocycles. The Kier molecular flexibility index (Phi) is 4.99. The van der Waals surface area contributed by atoms with E-state index in [1.807, 2.05) is 13.0 Å². The van der Waals surface area contributed by atoms with Gasteiger partial charge in [0.25, 0.3) is 0 Å².